The smallest absolute Gasteiger partial charge is 0.339 e. The molecule has 0 saturated carbocycles. The molecule has 3 nitrogen and oxygen atoms in total. The summed E-state index contributed by atoms with van der Waals surface area (Å²) in [4.78, 5) is 11.4. The van der Waals surface area contributed by atoms with Crippen molar-refractivity contribution in [1.82, 2.24) is 0 Å². The van der Waals surface area contributed by atoms with Crippen molar-refractivity contribution in [2.45, 2.75) is 19.4 Å². The third-order valence-corrected chi connectivity index (χ3v) is 1.84. The Bertz CT molecular complexity index is 444. The van der Waals surface area contributed by atoms with Gasteiger partial charge in [0.1, 0.15) is 5.60 Å². The number of carbonyl (C=O) groups is 1. The molecule has 84 valence electrons. The van der Waals surface area contributed by atoms with Gasteiger partial charge < -0.3 is 9.84 Å². The van der Waals surface area contributed by atoms with E-state index in [9.17, 15) is 9.90 Å². The first-order chi connectivity index (χ1) is 7.44. The van der Waals surface area contributed by atoms with E-state index >= 15 is 0 Å². The highest BCUT2D eigenvalue weighted by molar-refractivity contribution is 5.92. The summed E-state index contributed by atoms with van der Waals surface area (Å²) in [6.07, 6.45) is 0. The first kappa shape index (κ1) is 12.3. The van der Waals surface area contributed by atoms with Crippen molar-refractivity contribution in [2.24, 2.45) is 0 Å². The maximum Gasteiger partial charge on any atom is 0.339 e. The summed E-state index contributed by atoms with van der Waals surface area (Å²) >= 11 is 0. The molecule has 1 rings (SSSR count). The van der Waals surface area contributed by atoms with Crippen LogP contribution in [0.25, 0.3) is 0 Å². The molecule has 1 N–H and O–H groups in total. The lowest BCUT2D eigenvalue weighted by molar-refractivity contribution is 0.0600. The number of carbonyl (C=O) groups excluding carboxylic acids is 1. The zero-order valence-electron chi connectivity index (χ0n) is 9.57. The summed E-state index contributed by atoms with van der Waals surface area (Å²) in [6, 6.07) is 6.87. The topological polar surface area (TPSA) is 46.5 Å². The van der Waals surface area contributed by atoms with E-state index in [1.165, 1.54) is 7.11 Å². The molecule has 0 aliphatic heterocycles. The quantitative estimate of drug-likeness (QED) is 0.575. The Labute approximate surface area is 95.1 Å². The van der Waals surface area contributed by atoms with Gasteiger partial charge in [0.15, 0.2) is 0 Å². The number of hydrogen-bond acceptors (Lipinski definition) is 3. The zero-order chi connectivity index (χ0) is 12.2. The number of esters is 1. The van der Waals surface area contributed by atoms with E-state index in [1.807, 2.05) is 0 Å². The molecule has 0 spiro atoms. The van der Waals surface area contributed by atoms with Crippen LogP contribution >= 0.6 is 0 Å². The Kier molecular flexibility index (Phi) is 3.70. The second-order valence-corrected chi connectivity index (χ2v) is 3.85. The van der Waals surface area contributed by atoms with Crippen LogP contribution in [0.15, 0.2) is 24.3 Å². The normalized spacial score (nSPS) is 10.2. The summed E-state index contributed by atoms with van der Waals surface area (Å²) in [5, 5.41) is 9.48. The lowest BCUT2D eigenvalue weighted by Crippen LogP contribution is -2.14. The molecule has 0 aliphatic rings. The molecular weight excluding hydrogens is 204 g/mol. The fourth-order valence-corrected chi connectivity index (χ4v) is 1.10. The van der Waals surface area contributed by atoms with Gasteiger partial charge in [-0.3, -0.25) is 0 Å². The Morgan fingerprint density at radius 1 is 1.38 bits per heavy atom. The fourth-order valence-electron chi connectivity index (χ4n) is 1.10. The first-order valence-electron chi connectivity index (χ1n) is 4.87. The molecule has 0 radical (unpaired) electrons. The van der Waals surface area contributed by atoms with E-state index in [2.05, 4.69) is 16.6 Å². The Morgan fingerprint density at radius 3 is 2.56 bits per heavy atom. The van der Waals surface area contributed by atoms with Crippen LogP contribution in [0.4, 0.5) is 0 Å². The molecule has 0 amide bonds. The summed E-state index contributed by atoms with van der Waals surface area (Å²) in [7, 11) is 1.32. The van der Waals surface area contributed by atoms with Crippen molar-refractivity contribution in [2.75, 3.05) is 7.11 Å². The maximum absolute atomic E-state index is 11.4. The molecule has 0 bridgehead atoms. The second-order valence-electron chi connectivity index (χ2n) is 3.85. The van der Waals surface area contributed by atoms with Gasteiger partial charge >= 0.3 is 5.97 Å². The highest BCUT2D eigenvalue weighted by atomic mass is 16.5. The van der Waals surface area contributed by atoms with Crippen LogP contribution in [0.5, 0.6) is 0 Å². The number of rotatable bonds is 1. The third-order valence-electron chi connectivity index (χ3n) is 1.84. The van der Waals surface area contributed by atoms with Gasteiger partial charge in [-0.1, -0.05) is 24.0 Å². The van der Waals surface area contributed by atoms with Crippen molar-refractivity contribution >= 4 is 5.97 Å². The van der Waals surface area contributed by atoms with Crippen molar-refractivity contribution in [3.05, 3.63) is 35.4 Å². The average molecular weight is 218 g/mol. The third kappa shape index (κ3) is 3.41. The average Bonchev–Trinajstić information content (AvgIpc) is 2.25. The summed E-state index contributed by atoms with van der Waals surface area (Å²) in [5.74, 6) is 4.99. The number of hydrogen-bond donors (Lipinski definition) is 1. The predicted octanol–water partition coefficient (Wildman–Crippen LogP) is 1.60. The maximum atomic E-state index is 11.4. The van der Waals surface area contributed by atoms with E-state index < -0.39 is 11.6 Å². The number of aliphatic hydroxyl groups is 1. The molecule has 16 heavy (non-hydrogen) atoms. The van der Waals surface area contributed by atoms with Crippen LogP contribution in [0.1, 0.15) is 29.8 Å². The van der Waals surface area contributed by atoms with Gasteiger partial charge in [-0.15, -0.1) is 0 Å². The molecule has 0 unspecified atom stereocenters. The van der Waals surface area contributed by atoms with Crippen LogP contribution in [-0.2, 0) is 4.74 Å². The van der Waals surface area contributed by atoms with Gasteiger partial charge in [-0.05, 0) is 26.0 Å². The van der Waals surface area contributed by atoms with Crippen LogP contribution in [0.3, 0.4) is 0 Å². The van der Waals surface area contributed by atoms with E-state index in [1.54, 1.807) is 38.1 Å². The number of methoxy groups -OCH3 is 1. The monoisotopic (exact) mass is 218 g/mol. The highest BCUT2D eigenvalue weighted by Crippen LogP contribution is 2.09. The van der Waals surface area contributed by atoms with Crippen LogP contribution in [0, 0.1) is 11.8 Å². The minimum Gasteiger partial charge on any atom is -0.465 e. The molecular formula is C13H14O3. The van der Waals surface area contributed by atoms with E-state index in [0.29, 0.717) is 11.1 Å². The minimum atomic E-state index is -1.08. The van der Waals surface area contributed by atoms with Crippen LogP contribution < -0.4 is 0 Å². The Morgan fingerprint density at radius 2 is 2.00 bits per heavy atom. The van der Waals surface area contributed by atoms with E-state index in [4.69, 9.17) is 0 Å². The van der Waals surface area contributed by atoms with Gasteiger partial charge in [-0.25, -0.2) is 4.79 Å². The number of benzene rings is 1. The Balaban J connectivity index is 3.13. The minimum absolute atomic E-state index is 0.404. The Hall–Kier alpha value is -1.79. The lowest BCUT2D eigenvalue weighted by Gasteiger charge is -2.07. The van der Waals surface area contributed by atoms with Gasteiger partial charge in [0.25, 0.3) is 0 Å². The van der Waals surface area contributed by atoms with E-state index in [0.717, 1.165) is 0 Å². The largest absolute Gasteiger partial charge is 0.465 e. The van der Waals surface area contributed by atoms with Crippen molar-refractivity contribution in [1.29, 1.82) is 0 Å². The zero-order valence-corrected chi connectivity index (χ0v) is 9.57. The SMILES string of the molecule is COC(=O)c1ccccc1C#CC(C)(C)O. The highest BCUT2D eigenvalue weighted by Gasteiger charge is 2.10. The summed E-state index contributed by atoms with van der Waals surface area (Å²) in [6.45, 7) is 3.17. The molecule has 0 aromatic heterocycles. The van der Waals surface area contributed by atoms with Gasteiger partial charge in [0, 0.05) is 5.56 Å². The molecule has 1 aromatic carbocycles. The molecule has 0 atom stereocenters. The van der Waals surface area contributed by atoms with E-state index in [-0.39, 0.29) is 0 Å². The molecule has 0 saturated heterocycles. The molecule has 0 aliphatic carbocycles. The van der Waals surface area contributed by atoms with Crippen LogP contribution in [0.2, 0.25) is 0 Å². The second kappa shape index (κ2) is 4.82. The van der Waals surface area contributed by atoms with Gasteiger partial charge in [-0.2, -0.15) is 0 Å². The fraction of sp³-hybridized carbons (Fsp3) is 0.308. The van der Waals surface area contributed by atoms with Crippen molar-refractivity contribution < 1.29 is 14.6 Å². The lowest BCUT2D eigenvalue weighted by atomic mass is 10.1. The summed E-state index contributed by atoms with van der Waals surface area (Å²) < 4.78 is 4.64. The molecule has 1 aromatic rings. The molecule has 0 heterocycles. The van der Waals surface area contributed by atoms with Crippen molar-refractivity contribution in [3.63, 3.8) is 0 Å². The summed E-state index contributed by atoms with van der Waals surface area (Å²) in [5.41, 5.74) is -0.123. The first-order valence-corrected chi connectivity index (χ1v) is 4.87. The van der Waals surface area contributed by atoms with Crippen LogP contribution in [-0.4, -0.2) is 23.8 Å². The molecule has 3 heteroatoms. The number of ether oxygens (including phenoxy) is 1. The van der Waals surface area contributed by atoms with Crippen molar-refractivity contribution in [3.8, 4) is 11.8 Å². The molecule has 0 fully saturated rings. The van der Waals surface area contributed by atoms with Gasteiger partial charge in [0.05, 0.1) is 12.7 Å². The predicted molar refractivity (Wildman–Crippen MR) is 61.0 cm³/mol. The van der Waals surface area contributed by atoms with Gasteiger partial charge in [0.2, 0.25) is 0 Å². The standard InChI is InChI=1S/C13H14O3/c1-13(2,15)9-8-10-6-4-5-7-11(10)12(14)16-3/h4-7,15H,1-3H3.